The second kappa shape index (κ2) is 9.27. The molecule has 0 saturated heterocycles. The van der Waals surface area contributed by atoms with Crippen LogP contribution in [0.3, 0.4) is 0 Å². The van der Waals surface area contributed by atoms with Gasteiger partial charge in [-0.3, -0.25) is 14.9 Å². The van der Waals surface area contributed by atoms with Crippen molar-refractivity contribution in [2.45, 2.75) is 6.42 Å². The quantitative estimate of drug-likeness (QED) is 0.459. The highest BCUT2D eigenvalue weighted by atomic mass is 32.1. The van der Waals surface area contributed by atoms with Gasteiger partial charge in [-0.25, -0.2) is 14.4 Å². The molecule has 154 valence electrons. The summed E-state index contributed by atoms with van der Waals surface area (Å²) in [6, 6.07) is 19.1. The number of aromatic nitrogens is 2. The first-order valence-electron chi connectivity index (χ1n) is 9.40. The van der Waals surface area contributed by atoms with E-state index in [-0.39, 0.29) is 17.9 Å². The largest absolute Gasteiger partial charge is 0.310 e. The van der Waals surface area contributed by atoms with Crippen LogP contribution in [0.2, 0.25) is 0 Å². The summed E-state index contributed by atoms with van der Waals surface area (Å²) in [5, 5.41) is 7.24. The molecule has 0 aliphatic carbocycles. The van der Waals surface area contributed by atoms with Crippen LogP contribution in [0, 0.1) is 5.82 Å². The number of hydrogen-bond donors (Lipinski definition) is 2. The van der Waals surface area contributed by atoms with E-state index in [1.54, 1.807) is 23.7 Å². The number of benzene rings is 2. The average Bonchev–Trinajstić information content (AvgIpc) is 3.21. The fourth-order valence-corrected chi connectivity index (χ4v) is 3.58. The van der Waals surface area contributed by atoms with Gasteiger partial charge in [-0.05, 0) is 29.8 Å². The average molecular weight is 432 g/mol. The van der Waals surface area contributed by atoms with Gasteiger partial charge in [-0.2, -0.15) is 0 Å². The SMILES string of the molecule is O=C(Cc1csc(NC(=O)c2ccccc2F)n1)Nc1ccc(-c2ccccc2)cn1. The van der Waals surface area contributed by atoms with Gasteiger partial charge in [0, 0.05) is 17.1 Å². The standard InChI is InChI=1S/C23H17FN4O2S/c24-19-9-5-4-8-18(19)22(30)28-23-26-17(14-31-23)12-21(29)27-20-11-10-16(13-25-20)15-6-2-1-3-7-15/h1-11,13-14H,12H2,(H,25,27,29)(H,26,28,30). The molecule has 2 aromatic carbocycles. The zero-order chi connectivity index (χ0) is 21.6. The summed E-state index contributed by atoms with van der Waals surface area (Å²) >= 11 is 1.17. The molecule has 31 heavy (non-hydrogen) atoms. The topological polar surface area (TPSA) is 84.0 Å². The second-order valence-corrected chi connectivity index (χ2v) is 7.46. The van der Waals surface area contributed by atoms with Crippen LogP contribution < -0.4 is 10.6 Å². The van der Waals surface area contributed by atoms with Crippen LogP contribution in [0.25, 0.3) is 11.1 Å². The van der Waals surface area contributed by atoms with Crippen molar-refractivity contribution in [1.29, 1.82) is 0 Å². The lowest BCUT2D eigenvalue weighted by atomic mass is 10.1. The predicted molar refractivity (Wildman–Crippen MR) is 118 cm³/mol. The number of carbonyl (C=O) groups is 2. The number of nitrogens with zero attached hydrogens (tertiary/aromatic N) is 2. The lowest BCUT2D eigenvalue weighted by molar-refractivity contribution is -0.115. The Morgan fingerprint density at radius 3 is 2.42 bits per heavy atom. The first-order chi connectivity index (χ1) is 15.1. The monoisotopic (exact) mass is 432 g/mol. The highest BCUT2D eigenvalue weighted by molar-refractivity contribution is 7.14. The Balaban J connectivity index is 1.34. The molecule has 8 heteroatoms. The minimum atomic E-state index is -0.609. The van der Waals surface area contributed by atoms with Gasteiger partial charge in [-0.1, -0.05) is 42.5 Å². The van der Waals surface area contributed by atoms with Crippen LogP contribution in [0.15, 0.2) is 78.3 Å². The van der Waals surface area contributed by atoms with Crippen molar-refractivity contribution in [3.63, 3.8) is 0 Å². The van der Waals surface area contributed by atoms with E-state index in [0.29, 0.717) is 16.6 Å². The van der Waals surface area contributed by atoms with Gasteiger partial charge in [-0.15, -0.1) is 11.3 Å². The van der Waals surface area contributed by atoms with E-state index >= 15 is 0 Å². The molecule has 6 nitrogen and oxygen atoms in total. The predicted octanol–water partition coefficient (Wildman–Crippen LogP) is 4.78. The summed E-state index contributed by atoms with van der Waals surface area (Å²) in [5.41, 5.74) is 2.42. The number of halogens is 1. The van der Waals surface area contributed by atoms with Gasteiger partial charge < -0.3 is 5.32 Å². The number of anilines is 2. The van der Waals surface area contributed by atoms with Crippen LogP contribution in [0.5, 0.6) is 0 Å². The third-order valence-electron chi connectivity index (χ3n) is 4.37. The molecular weight excluding hydrogens is 415 g/mol. The van der Waals surface area contributed by atoms with E-state index in [1.165, 1.54) is 29.5 Å². The van der Waals surface area contributed by atoms with Crippen molar-refractivity contribution in [3.8, 4) is 11.1 Å². The van der Waals surface area contributed by atoms with Gasteiger partial charge in [0.1, 0.15) is 11.6 Å². The van der Waals surface area contributed by atoms with Gasteiger partial charge in [0.25, 0.3) is 5.91 Å². The molecule has 2 aromatic heterocycles. The Morgan fingerprint density at radius 1 is 0.903 bits per heavy atom. The number of nitrogens with one attached hydrogen (secondary N) is 2. The Kier molecular flexibility index (Phi) is 6.09. The zero-order valence-electron chi connectivity index (χ0n) is 16.2. The molecule has 0 spiro atoms. The van der Waals surface area contributed by atoms with Gasteiger partial charge in [0.2, 0.25) is 5.91 Å². The highest BCUT2D eigenvalue weighted by Crippen LogP contribution is 2.20. The molecule has 0 aliphatic heterocycles. The molecule has 0 fully saturated rings. The summed E-state index contributed by atoms with van der Waals surface area (Å²) in [6.07, 6.45) is 1.72. The van der Waals surface area contributed by atoms with Gasteiger partial charge in [0.15, 0.2) is 5.13 Å². The fourth-order valence-electron chi connectivity index (χ4n) is 2.88. The Labute approximate surface area is 181 Å². The smallest absolute Gasteiger partial charge is 0.260 e. The minimum Gasteiger partial charge on any atom is -0.310 e. The number of carbonyl (C=O) groups excluding carboxylic acids is 2. The van der Waals surface area contributed by atoms with E-state index in [2.05, 4.69) is 20.6 Å². The van der Waals surface area contributed by atoms with Gasteiger partial charge in [0.05, 0.1) is 17.7 Å². The zero-order valence-corrected chi connectivity index (χ0v) is 17.0. The molecule has 2 N–H and O–H groups in total. The molecule has 4 aromatic rings. The summed E-state index contributed by atoms with van der Waals surface area (Å²) < 4.78 is 13.7. The molecule has 0 atom stereocenters. The molecule has 0 bridgehead atoms. The van der Waals surface area contributed by atoms with E-state index < -0.39 is 11.7 Å². The van der Waals surface area contributed by atoms with Gasteiger partial charge >= 0.3 is 0 Å². The maximum atomic E-state index is 13.7. The normalized spacial score (nSPS) is 10.5. The third kappa shape index (κ3) is 5.18. The number of rotatable bonds is 6. The van der Waals surface area contributed by atoms with E-state index in [4.69, 9.17) is 0 Å². The van der Waals surface area contributed by atoms with Crippen LogP contribution in [-0.2, 0) is 11.2 Å². The molecule has 0 saturated carbocycles. The molecular formula is C23H17FN4O2S. The van der Waals surface area contributed by atoms with Crippen molar-refractivity contribution in [2.75, 3.05) is 10.6 Å². The van der Waals surface area contributed by atoms with Crippen LogP contribution in [0.4, 0.5) is 15.3 Å². The second-order valence-electron chi connectivity index (χ2n) is 6.60. The summed E-state index contributed by atoms with van der Waals surface area (Å²) in [7, 11) is 0. The van der Waals surface area contributed by atoms with E-state index in [0.717, 1.165) is 11.1 Å². The maximum absolute atomic E-state index is 13.7. The first kappa shape index (κ1) is 20.4. The fraction of sp³-hybridized carbons (Fsp3) is 0.0435. The number of amides is 2. The van der Waals surface area contributed by atoms with Crippen LogP contribution in [-0.4, -0.2) is 21.8 Å². The summed E-state index contributed by atoms with van der Waals surface area (Å²) in [4.78, 5) is 33.0. The van der Waals surface area contributed by atoms with Crippen molar-refractivity contribution < 1.29 is 14.0 Å². The highest BCUT2D eigenvalue weighted by Gasteiger charge is 2.14. The van der Waals surface area contributed by atoms with E-state index in [9.17, 15) is 14.0 Å². The van der Waals surface area contributed by atoms with Crippen molar-refractivity contribution in [1.82, 2.24) is 9.97 Å². The minimum absolute atomic E-state index is 0.0220. The van der Waals surface area contributed by atoms with Crippen molar-refractivity contribution in [2.24, 2.45) is 0 Å². The number of thiazole rings is 1. The number of hydrogen-bond acceptors (Lipinski definition) is 5. The molecule has 2 amide bonds. The van der Waals surface area contributed by atoms with Crippen LogP contribution >= 0.6 is 11.3 Å². The Morgan fingerprint density at radius 2 is 1.68 bits per heavy atom. The first-order valence-corrected chi connectivity index (χ1v) is 10.3. The molecule has 4 rings (SSSR count). The van der Waals surface area contributed by atoms with Crippen molar-refractivity contribution in [3.05, 3.63) is 95.4 Å². The molecule has 0 aliphatic rings. The lowest BCUT2D eigenvalue weighted by Crippen LogP contribution is -2.16. The van der Waals surface area contributed by atoms with Crippen molar-refractivity contribution >= 4 is 34.1 Å². The van der Waals surface area contributed by atoms with E-state index in [1.807, 2.05) is 36.4 Å². The maximum Gasteiger partial charge on any atom is 0.260 e. The number of pyridine rings is 1. The third-order valence-corrected chi connectivity index (χ3v) is 5.18. The summed E-state index contributed by atoms with van der Waals surface area (Å²) in [5.74, 6) is -1.04. The molecule has 0 unspecified atom stereocenters. The van der Waals surface area contributed by atoms with Crippen LogP contribution in [0.1, 0.15) is 16.1 Å². The Bertz CT molecular complexity index is 1210. The lowest BCUT2D eigenvalue weighted by Gasteiger charge is -2.05. The molecule has 2 heterocycles. The summed E-state index contributed by atoms with van der Waals surface area (Å²) in [6.45, 7) is 0. The molecule has 0 radical (unpaired) electrons. The Hall–Kier alpha value is -3.91.